The lowest BCUT2D eigenvalue weighted by atomic mass is 9.96. The second kappa shape index (κ2) is 5.55. The number of carbonyl (C=O) groups excluding carboxylic acids is 2. The van der Waals surface area contributed by atoms with E-state index in [1.54, 1.807) is 10.6 Å². The molecule has 116 valence electrons. The molecule has 0 aliphatic heterocycles. The molecule has 2 amide bonds. The van der Waals surface area contributed by atoms with Gasteiger partial charge in [0.25, 0.3) is 0 Å². The van der Waals surface area contributed by atoms with Gasteiger partial charge in [0.15, 0.2) is 5.54 Å². The van der Waals surface area contributed by atoms with E-state index in [-0.39, 0.29) is 18.2 Å². The van der Waals surface area contributed by atoms with Crippen LogP contribution in [0.5, 0.6) is 5.75 Å². The standard InChI is InChI=1S/C16H19N3O3/c1-4-16(15(17)22,18(3)11(2)20)10-19-9-14(21)12-7-5-6-8-13(12)19/h4-9,21H,1,10H2,2-3H3,(H2,17,22). The van der Waals surface area contributed by atoms with Gasteiger partial charge >= 0.3 is 0 Å². The van der Waals surface area contributed by atoms with Crippen LogP contribution in [0, 0.1) is 0 Å². The molecule has 0 fully saturated rings. The van der Waals surface area contributed by atoms with Crippen molar-refractivity contribution < 1.29 is 14.7 Å². The van der Waals surface area contributed by atoms with Crippen LogP contribution in [-0.2, 0) is 16.1 Å². The summed E-state index contributed by atoms with van der Waals surface area (Å²) in [5.74, 6) is -0.889. The SMILES string of the molecule is C=CC(Cn1cc(O)c2ccccc21)(C(N)=O)N(C)C(C)=O. The summed E-state index contributed by atoms with van der Waals surface area (Å²) in [5, 5.41) is 10.7. The summed E-state index contributed by atoms with van der Waals surface area (Å²) in [6.45, 7) is 5.10. The minimum Gasteiger partial charge on any atom is -0.506 e. The fraction of sp³-hybridized carbons (Fsp3) is 0.250. The summed E-state index contributed by atoms with van der Waals surface area (Å²) in [4.78, 5) is 25.0. The molecule has 3 N–H and O–H groups in total. The van der Waals surface area contributed by atoms with Gasteiger partial charge in [0.05, 0.1) is 12.1 Å². The average molecular weight is 301 g/mol. The molecule has 0 aliphatic rings. The van der Waals surface area contributed by atoms with Crippen LogP contribution in [0.15, 0.2) is 43.1 Å². The number of likely N-dealkylation sites (N-methyl/N-ethyl adjacent to an activating group) is 1. The topological polar surface area (TPSA) is 88.6 Å². The van der Waals surface area contributed by atoms with Gasteiger partial charge in [0.1, 0.15) is 5.75 Å². The van der Waals surface area contributed by atoms with Crippen molar-refractivity contribution in [1.29, 1.82) is 0 Å². The Bertz CT molecular complexity index is 750. The van der Waals surface area contributed by atoms with Crippen molar-refractivity contribution in [3.8, 4) is 5.75 Å². The summed E-state index contributed by atoms with van der Waals surface area (Å²) in [5.41, 5.74) is 4.91. The van der Waals surface area contributed by atoms with Gasteiger partial charge in [-0.1, -0.05) is 18.2 Å². The zero-order valence-corrected chi connectivity index (χ0v) is 12.6. The van der Waals surface area contributed by atoms with E-state index in [0.29, 0.717) is 5.39 Å². The van der Waals surface area contributed by atoms with Crippen LogP contribution in [-0.4, -0.2) is 39.0 Å². The van der Waals surface area contributed by atoms with Gasteiger partial charge in [-0.25, -0.2) is 0 Å². The number of carbonyl (C=O) groups is 2. The van der Waals surface area contributed by atoms with Gasteiger partial charge in [0.2, 0.25) is 11.8 Å². The van der Waals surface area contributed by atoms with Gasteiger partial charge in [0, 0.05) is 25.6 Å². The van der Waals surface area contributed by atoms with Crippen molar-refractivity contribution in [2.75, 3.05) is 7.05 Å². The van der Waals surface area contributed by atoms with E-state index in [2.05, 4.69) is 6.58 Å². The summed E-state index contributed by atoms with van der Waals surface area (Å²) in [6, 6.07) is 7.23. The van der Waals surface area contributed by atoms with Crippen molar-refractivity contribution in [1.82, 2.24) is 9.47 Å². The Kier molecular flexibility index (Phi) is 3.95. The molecule has 1 atom stereocenters. The van der Waals surface area contributed by atoms with E-state index in [1.165, 1.54) is 31.1 Å². The predicted octanol–water partition coefficient (Wildman–Crippen LogP) is 1.24. The number of para-hydroxylation sites is 1. The third-order valence-corrected chi connectivity index (χ3v) is 4.01. The lowest BCUT2D eigenvalue weighted by molar-refractivity contribution is -0.140. The van der Waals surface area contributed by atoms with Crippen LogP contribution in [0.2, 0.25) is 0 Å². The molecular weight excluding hydrogens is 282 g/mol. The van der Waals surface area contributed by atoms with E-state index in [1.807, 2.05) is 18.2 Å². The molecule has 0 spiro atoms. The molecule has 1 heterocycles. The van der Waals surface area contributed by atoms with Gasteiger partial charge < -0.3 is 20.3 Å². The Morgan fingerprint density at radius 1 is 1.45 bits per heavy atom. The van der Waals surface area contributed by atoms with Crippen molar-refractivity contribution in [3.05, 3.63) is 43.1 Å². The zero-order valence-electron chi connectivity index (χ0n) is 12.6. The summed E-state index contributed by atoms with van der Waals surface area (Å²) in [6.07, 6.45) is 2.88. The van der Waals surface area contributed by atoms with Gasteiger partial charge in [-0.05, 0) is 12.1 Å². The van der Waals surface area contributed by atoms with E-state index >= 15 is 0 Å². The number of aromatic hydroxyl groups is 1. The van der Waals surface area contributed by atoms with Crippen LogP contribution in [0.1, 0.15) is 6.92 Å². The van der Waals surface area contributed by atoms with Crippen LogP contribution in [0.25, 0.3) is 10.9 Å². The first-order chi connectivity index (χ1) is 10.3. The lowest BCUT2D eigenvalue weighted by Crippen LogP contribution is -2.58. The summed E-state index contributed by atoms with van der Waals surface area (Å²) >= 11 is 0. The Morgan fingerprint density at radius 3 is 2.64 bits per heavy atom. The van der Waals surface area contributed by atoms with Crippen molar-refractivity contribution in [2.24, 2.45) is 5.73 Å². The minimum atomic E-state index is -1.37. The van der Waals surface area contributed by atoms with E-state index in [4.69, 9.17) is 5.73 Å². The highest BCUT2D eigenvalue weighted by Crippen LogP contribution is 2.29. The first kappa shape index (κ1) is 15.6. The normalized spacial score (nSPS) is 13.5. The molecule has 0 radical (unpaired) electrons. The van der Waals surface area contributed by atoms with Crippen molar-refractivity contribution >= 4 is 22.7 Å². The Balaban J connectivity index is 2.57. The number of nitrogens with two attached hydrogens (primary N) is 1. The Morgan fingerprint density at radius 2 is 2.09 bits per heavy atom. The Labute approximate surface area is 128 Å². The van der Waals surface area contributed by atoms with Crippen molar-refractivity contribution in [2.45, 2.75) is 19.0 Å². The predicted molar refractivity (Wildman–Crippen MR) is 84.2 cm³/mol. The third kappa shape index (κ3) is 2.32. The fourth-order valence-corrected chi connectivity index (χ4v) is 2.55. The van der Waals surface area contributed by atoms with Gasteiger partial charge in [-0.2, -0.15) is 0 Å². The lowest BCUT2D eigenvalue weighted by Gasteiger charge is -2.36. The molecule has 0 saturated heterocycles. The number of hydrogen-bond donors (Lipinski definition) is 2. The molecular formula is C16H19N3O3. The highest BCUT2D eigenvalue weighted by Gasteiger charge is 2.40. The van der Waals surface area contributed by atoms with E-state index in [0.717, 1.165) is 5.52 Å². The van der Waals surface area contributed by atoms with E-state index in [9.17, 15) is 14.7 Å². The van der Waals surface area contributed by atoms with Crippen LogP contribution >= 0.6 is 0 Å². The maximum Gasteiger partial charge on any atom is 0.249 e. The largest absolute Gasteiger partial charge is 0.506 e. The number of amides is 2. The number of benzene rings is 1. The molecule has 0 saturated carbocycles. The molecule has 2 aromatic rings. The number of aromatic nitrogens is 1. The Hall–Kier alpha value is -2.76. The number of primary amides is 1. The van der Waals surface area contributed by atoms with Crippen LogP contribution in [0.4, 0.5) is 0 Å². The van der Waals surface area contributed by atoms with Gasteiger partial charge in [-0.15, -0.1) is 6.58 Å². The quantitative estimate of drug-likeness (QED) is 0.814. The number of fused-ring (bicyclic) bond motifs is 1. The maximum atomic E-state index is 12.0. The minimum absolute atomic E-state index is 0.0724. The molecule has 1 unspecified atom stereocenters. The second-order valence-corrected chi connectivity index (χ2v) is 5.23. The summed E-state index contributed by atoms with van der Waals surface area (Å²) < 4.78 is 1.69. The molecule has 6 nitrogen and oxygen atoms in total. The van der Waals surface area contributed by atoms with E-state index < -0.39 is 11.4 Å². The smallest absolute Gasteiger partial charge is 0.249 e. The van der Waals surface area contributed by atoms with Crippen LogP contribution < -0.4 is 5.73 Å². The fourth-order valence-electron chi connectivity index (χ4n) is 2.55. The van der Waals surface area contributed by atoms with Crippen LogP contribution in [0.3, 0.4) is 0 Å². The monoisotopic (exact) mass is 301 g/mol. The first-order valence-corrected chi connectivity index (χ1v) is 6.78. The second-order valence-electron chi connectivity index (χ2n) is 5.23. The molecule has 0 aliphatic carbocycles. The molecule has 22 heavy (non-hydrogen) atoms. The number of nitrogens with zero attached hydrogens (tertiary/aromatic N) is 2. The molecule has 1 aromatic heterocycles. The molecule has 1 aromatic carbocycles. The maximum absolute atomic E-state index is 12.0. The average Bonchev–Trinajstić information content (AvgIpc) is 2.80. The first-order valence-electron chi connectivity index (χ1n) is 6.78. The highest BCUT2D eigenvalue weighted by atomic mass is 16.3. The highest BCUT2D eigenvalue weighted by molar-refractivity contribution is 5.92. The van der Waals surface area contributed by atoms with Crippen molar-refractivity contribution in [3.63, 3.8) is 0 Å². The number of hydrogen-bond acceptors (Lipinski definition) is 3. The third-order valence-electron chi connectivity index (χ3n) is 4.01. The van der Waals surface area contributed by atoms with Gasteiger partial charge in [-0.3, -0.25) is 9.59 Å². The zero-order chi connectivity index (χ0) is 16.5. The molecule has 2 rings (SSSR count). The summed E-state index contributed by atoms with van der Waals surface area (Å²) in [7, 11) is 1.50. The molecule has 0 bridgehead atoms. The number of rotatable bonds is 5. The molecule has 6 heteroatoms.